The minimum atomic E-state index is -0.470. The molecular formula is C11H14FNO2S. The first kappa shape index (κ1) is 12.8. The molecule has 0 amide bonds. The van der Waals surface area contributed by atoms with Crippen LogP contribution in [0.1, 0.15) is 13.8 Å². The van der Waals surface area contributed by atoms with Crippen molar-refractivity contribution in [3.8, 4) is 0 Å². The average molecular weight is 243 g/mol. The summed E-state index contributed by atoms with van der Waals surface area (Å²) in [6, 6.07) is 4.46. The Morgan fingerprint density at radius 1 is 1.56 bits per heavy atom. The lowest BCUT2D eigenvalue weighted by Gasteiger charge is -2.07. The number of thioether (sulfide) groups is 1. The minimum Gasteiger partial charge on any atom is -0.462 e. The highest BCUT2D eigenvalue weighted by atomic mass is 32.2. The van der Waals surface area contributed by atoms with E-state index in [-0.39, 0.29) is 23.5 Å². The fourth-order valence-corrected chi connectivity index (χ4v) is 1.74. The number of hydrogen-bond donors (Lipinski definition) is 1. The van der Waals surface area contributed by atoms with E-state index < -0.39 is 5.82 Å². The Morgan fingerprint density at radius 3 is 2.81 bits per heavy atom. The van der Waals surface area contributed by atoms with Crippen LogP contribution in [0.5, 0.6) is 0 Å². The zero-order valence-corrected chi connectivity index (χ0v) is 10.0. The van der Waals surface area contributed by atoms with E-state index in [4.69, 9.17) is 10.5 Å². The van der Waals surface area contributed by atoms with Gasteiger partial charge in [0.2, 0.25) is 0 Å². The Morgan fingerprint density at radius 2 is 2.25 bits per heavy atom. The lowest BCUT2D eigenvalue weighted by Crippen LogP contribution is -2.13. The average Bonchev–Trinajstić information content (AvgIpc) is 2.19. The molecule has 0 saturated carbocycles. The molecule has 0 radical (unpaired) electrons. The monoisotopic (exact) mass is 243 g/mol. The van der Waals surface area contributed by atoms with Gasteiger partial charge in [-0.15, -0.1) is 11.8 Å². The number of esters is 1. The summed E-state index contributed by atoms with van der Waals surface area (Å²) in [6.07, 6.45) is -0.128. The number of halogens is 1. The molecule has 88 valence electrons. The fourth-order valence-electron chi connectivity index (χ4n) is 1.04. The van der Waals surface area contributed by atoms with Crippen molar-refractivity contribution < 1.29 is 13.9 Å². The molecule has 5 heteroatoms. The van der Waals surface area contributed by atoms with Crippen LogP contribution < -0.4 is 5.73 Å². The first-order valence-corrected chi connectivity index (χ1v) is 5.85. The molecule has 0 aliphatic rings. The largest absolute Gasteiger partial charge is 0.462 e. The van der Waals surface area contributed by atoms with Crippen LogP contribution in [0, 0.1) is 5.82 Å². The SMILES string of the molecule is CC(C)OC(=O)CSc1ccc(N)c(F)c1. The number of carbonyl (C=O) groups is 1. The van der Waals surface area contributed by atoms with Gasteiger partial charge in [-0.3, -0.25) is 4.79 Å². The number of nitrogen functional groups attached to an aromatic ring is 1. The fraction of sp³-hybridized carbons (Fsp3) is 0.364. The summed E-state index contributed by atoms with van der Waals surface area (Å²) in [4.78, 5) is 11.9. The quantitative estimate of drug-likeness (QED) is 0.501. The zero-order chi connectivity index (χ0) is 12.1. The number of rotatable bonds is 4. The smallest absolute Gasteiger partial charge is 0.316 e. The number of anilines is 1. The Hall–Kier alpha value is -1.23. The van der Waals surface area contributed by atoms with Crippen molar-refractivity contribution >= 4 is 23.4 Å². The number of nitrogens with two attached hydrogens (primary N) is 1. The lowest BCUT2D eigenvalue weighted by molar-refractivity contribution is -0.144. The lowest BCUT2D eigenvalue weighted by atomic mass is 10.3. The predicted molar refractivity (Wildman–Crippen MR) is 62.8 cm³/mol. The van der Waals surface area contributed by atoms with E-state index in [2.05, 4.69) is 0 Å². The molecule has 3 nitrogen and oxygen atoms in total. The highest BCUT2D eigenvalue weighted by molar-refractivity contribution is 8.00. The van der Waals surface area contributed by atoms with Crippen LogP contribution in [-0.4, -0.2) is 17.8 Å². The second kappa shape index (κ2) is 5.75. The molecule has 0 bridgehead atoms. The Bertz CT molecular complexity index is 382. The maximum absolute atomic E-state index is 13.1. The van der Waals surface area contributed by atoms with Gasteiger partial charge in [0.25, 0.3) is 0 Å². The normalized spacial score (nSPS) is 10.5. The van der Waals surface area contributed by atoms with E-state index in [1.165, 1.54) is 23.9 Å². The first-order valence-electron chi connectivity index (χ1n) is 4.86. The van der Waals surface area contributed by atoms with Gasteiger partial charge in [0, 0.05) is 4.90 Å². The number of carbonyl (C=O) groups excluding carboxylic acids is 1. The van der Waals surface area contributed by atoms with Gasteiger partial charge < -0.3 is 10.5 Å². The highest BCUT2D eigenvalue weighted by Gasteiger charge is 2.07. The molecule has 0 spiro atoms. The molecule has 2 N–H and O–H groups in total. The van der Waals surface area contributed by atoms with Crippen molar-refractivity contribution in [1.82, 2.24) is 0 Å². The molecule has 1 rings (SSSR count). The molecule has 0 unspecified atom stereocenters. The summed E-state index contributed by atoms with van der Waals surface area (Å²) in [7, 11) is 0. The zero-order valence-electron chi connectivity index (χ0n) is 9.20. The first-order chi connectivity index (χ1) is 7.49. The van der Waals surface area contributed by atoms with Gasteiger partial charge in [0.15, 0.2) is 0 Å². The molecule has 1 aromatic rings. The summed E-state index contributed by atoms with van der Waals surface area (Å²) >= 11 is 1.22. The molecule has 16 heavy (non-hydrogen) atoms. The molecule has 0 aliphatic heterocycles. The molecule has 0 aromatic heterocycles. The van der Waals surface area contributed by atoms with E-state index in [9.17, 15) is 9.18 Å². The molecule has 0 atom stereocenters. The van der Waals surface area contributed by atoms with Crippen LogP contribution >= 0.6 is 11.8 Å². The van der Waals surface area contributed by atoms with Gasteiger partial charge in [-0.25, -0.2) is 4.39 Å². The number of ether oxygens (including phenoxy) is 1. The van der Waals surface area contributed by atoms with E-state index in [1.807, 2.05) is 0 Å². The summed E-state index contributed by atoms with van der Waals surface area (Å²) in [5.41, 5.74) is 5.44. The van der Waals surface area contributed by atoms with Gasteiger partial charge in [-0.05, 0) is 32.0 Å². The second-order valence-corrected chi connectivity index (χ2v) is 4.56. The third-order valence-electron chi connectivity index (χ3n) is 1.70. The Kier molecular flexibility index (Phi) is 4.61. The second-order valence-electron chi connectivity index (χ2n) is 3.51. The van der Waals surface area contributed by atoms with Gasteiger partial charge in [0.05, 0.1) is 17.5 Å². The van der Waals surface area contributed by atoms with E-state index in [0.717, 1.165) is 0 Å². The van der Waals surface area contributed by atoms with Crippen molar-refractivity contribution in [1.29, 1.82) is 0 Å². The van der Waals surface area contributed by atoms with Crippen molar-refractivity contribution in [3.05, 3.63) is 24.0 Å². The third kappa shape index (κ3) is 4.10. The van der Waals surface area contributed by atoms with Crippen LogP contribution in [0.2, 0.25) is 0 Å². The van der Waals surface area contributed by atoms with Gasteiger partial charge in [-0.2, -0.15) is 0 Å². The van der Waals surface area contributed by atoms with Crippen LogP contribution in [0.4, 0.5) is 10.1 Å². The number of benzene rings is 1. The summed E-state index contributed by atoms with van der Waals surface area (Å²) < 4.78 is 18.0. The summed E-state index contributed by atoms with van der Waals surface area (Å²) in [5.74, 6) is -0.610. The topological polar surface area (TPSA) is 52.3 Å². The molecule has 0 heterocycles. The van der Waals surface area contributed by atoms with Crippen LogP contribution in [0.25, 0.3) is 0 Å². The number of hydrogen-bond acceptors (Lipinski definition) is 4. The Balaban J connectivity index is 2.48. The van der Waals surface area contributed by atoms with Crippen molar-refractivity contribution in [3.63, 3.8) is 0 Å². The summed E-state index contributed by atoms with van der Waals surface area (Å²) in [5, 5.41) is 0. The molecule has 0 fully saturated rings. The van der Waals surface area contributed by atoms with Crippen LogP contribution in [0.15, 0.2) is 23.1 Å². The summed E-state index contributed by atoms with van der Waals surface area (Å²) in [6.45, 7) is 3.57. The Labute approximate surface area is 98.2 Å². The standard InChI is InChI=1S/C11H14FNO2S/c1-7(2)15-11(14)6-16-8-3-4-10(13)9(12)5-8/h3-5,7H,6,13H2,1-2H3. The predicted octanol–water partition coefficient (Wildman–Crippen LogP) is 2.45. The minimum absolute atomic E-state index is 0.106. The van der Waals surface area contributed by atoms with E-state index in [0.29, 0.717) is 4.90 Å². The molecule has 0 aliphatic carbocycles. The van der Waals surface area contributed by atoms with Crippen molar-refractivity contribution in [2.75, 3.05) is 11.5 Å². The third-order valence-corrected chi connectivity index (χ3v) is 2.66. The molecular weight excluding hydrogens is 229 g/mol. The highest BCUT2D eigenvalue weighted by Crippen LogP contribution is 2.22. The van der Waals surface area contributed by atoms with Crippen molar-refractivity contribution in [2.45, 2.75) is 24.8 Å². The van der Waals surface area contributed by atoms with Gasteiger partial charge in [-0.1, -0.05) is 0 Å². The maximum atomic E-state index is 13.1. The van der Waals surface area contributed by atoms with E-state index in [1.54, 1.807) is 19.9 Å². The van der Waals surface area contributed by atoms with Crippen molar-refractivity contribution in [2.24, 2.45) is 0 Å². The van der Waals surface area contributed by atoms with Gasteiger partial charge in [0.1, 0.15) is 5.82 Å². The molecule has 1 aromatic carbocycles. The maximum Gasteiger partial charge on any atom is 0.316 e. The van der Waals surface area contributed by atoms with Crippen LogP contribution in [0.3, 0.4) is 0 Å². The van der Waals surface area contributed by atoms with Gasteiger partial charge >= 0.3 is 5.97 Å². The molecule has 0 saturated heterocycles. The van der Waals surface area contributed by atoms with E-state index >= 15 is 0 Å². The van der Waals surface area contributed by atoms with Crippen LogP contribution in [-0.2, 0) is 9.53 Å².